The average molecular weight is 388 g/mol. The summed E-state index contributed by atoms with van der Waals surface area (Å²) in [6, 6.07) is 17.3. The van der Waals surface area contributed by atoms with Crippen molar-refractivity contribution in [2.45, 2.75) is 12.8 Å². The highest BCUT2D eigenvalue weighted by Gasteiger charge is 2.07. The largest absolute Gasteiger partial charge is 0.355 e. The molecular weight excluding hydrogens is 370 g/mol. The summed E-state index contributed by atoms with van der Waals surface area (Å²) in [7, 11) is 0. The smallest absolute Gasteiger partial charge is 0.249 e. The summed E-state index contributed by atoms with van der Waals surface area (Å²) >= 11 is 3.34. The second-order valence-electron chi connectivity index (χ2n) is 5.11. The van der Waals surface area contributed by atoms with Crippen molar-refractivity contribution in [3.05, 3.63) is 70.2 Å². The highest BCUT2D eigenvalue weighted by atomic mass is 79.9. The molecule has 0 bridgehead atoms. The summed E-state index contributed by atoms with van der Waals surface area (Å²) < 4.78 is 0.968. The highest BCUT2D eigenvalue weighted by Crippen LogP contribution is 2.08. The second-order valence-corrected chi connectivity index (χ2v) is 6.02. The molecule has 2 rings (SSSR count). The van der Waals surface area contributed by atoms with Crippen LogP contribution in [0.15, 0.2) is 64.2 Å². The predicted octanol–water partition coefficient (Wildman–Crippen LogP) is 2.65. The van der Waals surface area contributed by atoms with E-state index in [4.69, 9.17) is 0 Å². The molecule has 0 spiro atoms. The van der Waals surface area contributed by atoms with E-state index in [9.17, 15) is 9.59 Å². The number of rotatable bonds is 7. The van der Waals surface area contributed by atoms with E-state index in [2.05, 4.69) is 31.8 Å². The number of halogens is 1. The molecule has 0 aliphatic carbocycles. The summed E-state index contributed by atoms with van der Waals surface area (Å²) in [6.45, 7) is 0.498. The van der Waals surface area contributed by atoms with E-state index in [1.54, 1.807) is 0 Å². The molecular formula is C18H18BrN3O2. The maximum atomic E-state index is 11.7. The standard InChI is InChI=1S/C18H18BrN3O2/c19-16-8-6-15(7-9-16)13-21-22-18(24)12-17(23)20-11-10-14-4-2-1-3-5-14/h1-9,13H,10-12H2,(H,20,23)(H,22,24)/b21-13-. The van der Waals surface area contributed by atoms with E-state index in [1.165, 1.54) is 6.21 Å². The zero-order valence-electron chi connectivity index (χ0n) is 13.0. The number of hydrogen-bond donors (Lipinski definition) is 2. The molecule has 2 aromatic carbocycles. The van der Waals surface area contributed by atoms with Gasteiger partial charge in [-0.05, 0) is 29.7 Å². The van der Waals surface area contributed by atoms with Gasteiger partial charge in [0.05, 0.1) is 6.21 Å². The Labute approximate surface area is 149 Å². The first-order valence-corrected chi connectivity index (χ1v) is 8.31. The van der Waals surface area contributed by atoms with Crippen LogP contribution in [0.5, 0.6) is 0 Å². The molecule has 0 aliphatic rings. The van der Waals surface area contributed by atoms with E-state index >= 15 is 0 Å². The topological polar surface area (TPSA) is 70.6 Å². The van der Waals surface area contributed by atoms with Gasteiger partial charge in [-0.2, -0.15) is 5.10 Å². The highest BCUT2D eigenvalue weighted by molar-refractivity contribution is 9.10. The third kappa shape index (κ3) is 6.75. The van der Waals surface area contributed by atoms with Crippen LogP contribution in [0.1, 0.15) is 17.5 Å². The van der Waals surface area contributed by atoms with Crippen molar-refractivity contribution in [2.75, 3.05) is 6.54 Å². The fourth-order valence-corrected chi connectivity index (χ4v) is 2.23. The van der Waals surface area contributed by atoms with E-state index in [1.807, 2.05) is 54.6 Å². The molecule has 6 heteroatoms. The van der Waals surface area contributed by atoms with Crippen LogP contribution < -0.4 is 10.7 Å². The van der Waals surface area contributed by atoms with Crippen LogP contribution in [0.2, 0.25) is 0 Å². The van der Waals surface area contributed by atoms with Crippen molar-refractivity contribution < 1.29 is 9.59 Å². The zero-order valence-corrected chi connectivity index (χ0v) is 14.6. The van der Waals surface area contributed by atoms with Crippen LogP contribution in [-0.4, -0.2) is 24.6 Å². The molecule has 24 heavy (non-hydrogen) atoms. The number of carbonyl (C=O) groups is 2. The van der Waals surface area contributed by atoms with Crippen LogP contribution in [0, 0.1) is 0 Å². The summed E-state index contributed by atoms with van der Waals surface area (Å²) in [6.07, 6.45) is 2.01. The van der Waals surface area contributed by atoms with Crippen molar-refractivity contribution in [1.82, 2.24) is 10.7 Å². The molecule has 0 aliphatic heterocycles. The van der Waals surface area contributed by atoms with E-state index in [0.29, 0.717) is 6.54 Å². The number of hydrogen-bond acceptors (Lipinski definition) is 3. The molecule has 2 amide bonds. The van der Waals surface area contributed by atoms with Gasteiger partial charge in [0.25, 0.3) is 0 Å². The number of nitrogens with zero attached hydrogens (tertiary/aromatic N) is 1. The van der Waals surface area contributed by atoms with Crippen LogP contribution in [0.3, 0.4) is 0 Å². The van der Waals surface area contributed by atoms with Crippen LogP contribution in [-0.2, 0) is 16.0 Å². The maximum absolute atomic E-state index is 11.7. The lowest BCUT2D eigenvalue weighted by Crippen LogP contribution is -2.31. The van der Waals surface area contributed by atoms with Crippen molar-refractivity contribution in [3.8, 4) is 0 Å². The second kappa shape index (κ2) is 9.62. The third-order valence-electron chi connectivity index (χ3n) is 3.17. The normalized spacial score (nSPS) is 10.5. The lowest BCUT2D eigenvalue weighted by molar-refractivity contribution is -0.129. The van der Waals surface area contributed by atoms with Gasteiger partial charge in [0.2, 0.25) is 11.8 Å². The molecule has 5 nitrogen and oxygen atoms in total. The van der Waals surface area contributed by atoms with Gasteiger partial charge in [-0.25, -0.2) is 5.43 Å². The van der Waals surface area contributed by atoms with Crippen molar-refractivity contribution in [1.29, 1.82) is 0 Å². The first-order valence-electron chi connectivity index (χ1n) is 7.51. The van der Waals surface area contributed by atoms with Crippen molar-refractivity contribution in [2.24, 2.45) is 5.10 Å². The monoisotopic (exact) mass is 387 g/mol. The molecule has 0 saturated heterocycles. The number of carbonyl (C=O) groups excluding carboxylic acids is 2. The van der Waals surface area contributed by atoms with Gasteiger partial charge in [0.15, 0.2) is 0 Å². The van der Waals surface area contributed by atoms with E-state index in [0.717, 1.165) is 22.0 Å². The van der Waals surface area contributed by atoms with Crippen molar-refractivity contribution >= 4 is 34.0 Å². The minimum Gasteiger partial charge on any atom is -0.355 e. The van der Waals surface area contributed by atoms with Gasteiger partial charge in [-0.1, -0.05) is 58.4 Å². The van der Waals surface area contributed by atoms with Gasteiger partial charge in [0, 0.05) is 11.0 Å². The molecule has 0 aromatic heterocycles. The fraction of sp³-hybridized carbons (Fsp3) is 0.167. The van der Waals surface area contributed by atoms with Gasteiger partial charge in [-0.15, -0.1) is 0 Å². The number of amides is 2. The molecule has 2 N–H and O–H groups in total. The summed E-state index contributed by atoms with van der Waals surface area (Å²) in [5.74, 6) is -0.761. The lowest BCUT2D eigenvalue weighted by Gasteiger charge is -2.04. The summed E-state index contributed by atoms with van der Waals surface area (Å²) in [5.41, 5.74) is 4.34. The predicted molar refractivity (Wildman–Crippen MR) is 97.7 cm³/mol. The van der Waals surface area contributed by atoms with E-state index in [-0.39, 0.29) is 12.3 Å². The minimum atomic E-state index is -0.444. The van der Waals surface area contributed by atoms with Gasteiger partial charge in [0.1, 0.15) is 6.42 Å². The minimum absolute atomic E-state index is 0.244. The lowest BCUT2D eigenvalue weighted by atomic mass is 10.1. The molecule has 2 aromatic rings. The number of hydrazone groups is 1. The quantitative estimate of drug-likeness (QED) is 0.435. The first kappa shape index (κ1) is 17.9. The first-order chi connectivity index (χ1) is 11.6. The Kier molecular flexibility index (Phi) is 7.17. The maximum Gasteiger partial charge on any atom is 0.249 e. The fourth-order valence-electron chi connectivity index (χ4n) is 1.97. The summed E-state index contributed by atoms with van der Waals surface area (Å²) in [4.78, 5) is 23.3. The molecule has 0 atom stereocenters. The molecule has 0 unspecified atom stereocenters. The molecule has 124 valence electrons. The molecule has 0 heterocycles. The van der Waals surface area contributed by atoms with Crippen LogP contribution >= 0.6 is 15.9 Å². The Morgan fingerprint density at radius 1 is 1.00 bits per heavy atom. The van der Waals surface area contributed by atoms with Gasteiger partial charge >= 0.3 is 0 Å². The number of nitrogens with one attached hydrogen (secondary N) is 2. The van der Waals surface area contributed by atoms with Crippen LogP contribution in [0.4, 0.5) is 0 Å². The number of benzene rings is 2. The Balaban J connectivity index is 1.66. The Morgan fingerprint density at radius 3 is 2.42 bits per heavy atom. The summed E-state index contributed by atoms with van der Waals surface area (Å²) in [5, 5.41) is 6.55. The van der Waals surface area contributed by atoms with E-state index < -0.39 is 5.91 Å². The SMILES string of the molecule is O=C(CC(=O)N/N=C\c1ccc(Br)cc1)NCCc1ccccc1. The van der Waals surface area contributed by atoms with Crippen LogP contribution in [0.25, 0.3) is 0 Å². The van der Waals surface area contributed by atoms with Gasteiger partial charge in [-0.3, -0.25) is 9.59 Å². The molecule has 0 saturated carbocycles. The van der Waals surface area contributed by atoms with Gasteiger partial charge < -0.3 is 5.32 Å². The molecule has 0 fully saturated rings. The molecule has 0 radical (unpaired) electrons. The Morgan fingerprint density at radius 2 is 1.71 bits per heavy atom. The Hall–Kier alpha value is -2.47. The Bertz CT molecular complexity index is 700. The van der Waals surface area contributed by atoms with Crippen molar-refractivity contribution in [3.63, 3.8) is 0 Å². The zero-order chi connectivity index (χ0) is 17.2. The average Bonchev–Trinajstić information content (AvgIpc) is 2.57. The third-order valence-corrected chi connectivity index (χ3v) is 3.70.